The summed E-state index contributed by atoms with van der Waals surface area (Å²) in [5, 5.41) is 19.9. The number of hydrogen-bond donors (Lipinski definition) is 2. The van der Waals surface area contributed by atoms with Crippen LogP contribution in [0.15, 0.2) is 59.7 Å². The zero-order valence-electron chi connectivity index (χ0n) is 17.2. The third-order valence-corrected chi connectivity index (χ3v) is 5.15. The highest BCUT2D eigenvalue weighted by atomic mass is 16.5. The van der Waals surface area contributed by atoms with Crippen LogP contribution in [-0.2, 0) is 6.42 Å². The fourth-order valence-corrected chi connectivity index (χ4v) is 3.42. The Morgan fingerprint density at radius 1 is 1.10 bits per heavy atom. The Morgan fingerprint density at radius 3 is 2.52 bits per heavy atom. The number of ketones is 1. The summed E-state index contributed by atoms with van der Waals surface area (Å²) in [6, 6.07) is 9.93. The number of aromatic hydroxyl groups is 2. The van der Waals surface area contributed by atoms with Crippen molar-refractivity contribution in [1.82, 2.24) is 0 Å². The van der Waals surface area contributed by atoms with Crippen molar-refractivity contribution in [3.8, 4) is 17.2 Å². The van der Waals surface area contributed by atoms with Gasteiger partial charge in [0.25, 0.3) is 0 Å². The fraction of sp³-hybridized carbons (Fsp3) is 0.320. The molecule has 1 atom stereocenters. The molecule has 0 saturated heterocycles. The molecule has 0 aliphatic carbocycles. The standard InChI is InChI=1S/C25H28O4/c1-16(2)5-4-6-17(3)7-8-19-13-21-23(28)15-24(29-25(21)14-22(19)27)18-9-11-20(26)12-10-18/h5,7,9-14,24,26-27H,4,6,8,15H2,1-3H3/b17-7+. The molecule has 152 valence electrons. The molecule has 0 saturated carbocycles. The third kappa shape index (κ3) is 5.29. The van der Waals surface area contributed by atoms with E-state index in [4.69, 9.17) is 4.74 Å². The van der Waals surface area contributed by atoms with Gasteiger partial charge in [-0.05, 0) is 69.4 Å². The number of carbonyl (C=O) groups is 1. The molecule has 0 amide bonds. The molecule has 2 N–H and O–H groups in total. The van der Waals surface area contributed by atoms with Crippen LogP contribution in [0.1, 0.15) is 67.6 Å². The lowest BCUT2D eigenvalue weighted by atomic mass is 9.94. The number of allylic oxidation sites excluding steroid dienone is 4. The molecule has 0 radical (unpaired) electrons. The average molecular weight is 392 g/mol. The number of fused-ring (bicyclic) bond motifs is 1. The van der Waals surface area contributed by atoms with Crippen molar-refractivity contribution in [1.29, 1.82) is 0 Å². The van der Waals surface area contributed by atoms with E-state index in [0.717, 1.165) is 24.0 Å². The highest BCUT2D eigenvalue weighted by molar-refractivity contribution is 6.00. The summed E-state index contributed by atoms with van der Waals surface area (Å²) in [6.45, 7) is 6.27. The average Bonchev–Trinajstić information content (AvgIpc) is 2.66. The van der Waals surface area contributed by atoms with Gasteiger partial charge in [-0.2, -0.15) is 0 Å². The van der Waals surface area contributed by atoms with E-state index in [2.05, 4.69) is 32.9 Å². The molecule has 1 aliphatic heterocycles. The molecule has 4 nitrogen and oxygen atoms in total. The van der Waals surface area contributed by atoms with Crippen LogP contribution in [0.5, 0.6) is 17.2 Å². The van der Waals surface area contributed by atoms with Gasteiger partial charge in [-0.1, -0.05) is 35.4 Å². The minimum Gasteiger partial charge on any atom is -0.508 e. The lowest BCUT2D eigenvalue weighted by Gasteiger charge is -2.26. The minimum atomic E-state index is -0.418. The first-order valence-electron chi connectivity index (χ1n) is 9.97. The molecule has 2 aromatic rings. The topological polar surface area (TPSA) is 66.8 Å². The second kappa shape index (κ2) is 8.99. The second-order valence-corrected chi connectivity index (χ2v) is 7.88. The van der Waals surface area contributed by atoms with Gasteiger partial charge in [-0.3, -0.25) is 4.79 Å². The smallest absolute Gasteiger partial charge is 0.170 e. The summed E-state index contributed by atoms with van der Waals surface area (Å²) >= 11 is 0. The molecule has 2 aromatic carbocycles. The lowest BCUT2D eigenvalue weighted by Crippen LogP contribution is -2.20. The number of hydrogen-bond acceptors (Lipinski definition) is 4. The van der Waals surface area contributed by atoms with Gasteiger partial charge in [0, 0.05) is 6.07 Å². The van der Waals surface area contributed by atoms with Crippen molar-refractivity contribution in [3.05, 3.63) is 76.4 Å². The molecule has 1 heterocycles. The van der Waals surface area contributed by atoms with Crippen molar-refractivity contribution in [2.24, 2.45) is 0 Å². The van der Waals surface area contributed by atoms with E-state index < -0.39 is 6.10 Å². The summed E-state index contributed by atoms with van der Waals surface area (Å²) in [4.78, 5) is 12.7. The minimum absolute atomic E-state index is 0.00478. The molecule has 3 rings (SSSR count). The van der Waals surface area contributed by atoms with Gasteiger partial charge in [0.05, 0.1) is 12.0 Å². The lowest BCUT2D eigenvalue weighted by molar-refractivity contribution is 0.0849. The van der Waals surface area contributed by atoms with Gasteiger partial charge in [0.1, 0.15) is 23.4 Å². The van der Waals surface area contributed by atoms with Crippen molar-refractivity contribution in [2.45, 2.75) is 52.6 Å². The number of rotatable bonds is 6. The van der Waals surface area contributed by atoms with Crippen LogP contribution in [0, 0.1) is 0 Å². The zero-order valence-corrected chi connectivity index (χ0v) is 17.2. The van der Waals surface area contributed by atoms with Crippen LogP contribution in [0.4, 0.5) is 0 Å². The monoisotopic (exact) mass is 392 g/mol. The highest BCUT2D eigenvalue weighted by Crippen LogP contribution is 2.39. The summed E-state index contributed by atoms with van der Waals surface area (Å²) in [6.07, 6.45) is 6.70. The maximum atomic E-state index is 12.7. The molecule has 0 bridgehead atoms. The first-order chi connectivity index (χ1) is 13.8. The van der Waals surface area contributed by atoms with Crippen molar-refractivity contribution < 1.29 is 19.7 Å². The van der Waals surface area contributed by atoms with Crippen molar-refractivity contribution in [3.63, 3.8) is 0 Å². The van der Waals surface area contributed by atoms with E-state index in [0.29, 0.717) is 17.7 Å². The van der Waals surface area contributed by atoms with Gasteiger partial charge < -0.3 is 14.9 Å². The number of phenolic OH excluding ortho intramolecular Hbond substituents is 2. The van der Waals surface area contributed by atoms with Crippen LogP contribution < -0.4 is 4.74 Å². The SMILES string of the molecule is CC(C)=CCC/C(C)=C/Cc1cc2c(cc1O)OC(c1ccc(O)cc1)CC2=O. The Hall–Kier alpha value is -3.01. The molecule has 0 fully saturated rings. The van der Waals surface area contributed by atoms with E-state index in [-0.39, 0.29) is 23.7 Å². The van der Waals surface area contributed by atoms with Gasteiger partial charge in [-0.25, -0.2) is 0 Å². The maximum absolute atomic E-state index is 12.7. The number of carbonyl (C=O) groups excluding carboxylic acids is 1. The summed E-state index contributed by atoms with van der Waals surface area (Å²) in [5.74, 6) is 0.707. The Kier molecular flexibility index (Phi) is 6.42. The van der Waals surface area contributed by atoms with Crippen molar-refractivity contribution in [2.75, 3.05) is 0 Å². The quantitative estimate of drug-likeness (QED) is 0.588. The Labute approximate surface area is 172 Å². The van der Waals surface area contributed by atoms with Gasteiger partial charge in [0.2, 0.25) is 0 Å². The molecule has 0 spiro atoms. The van der Waals surface area contributed by atoms with E-state index >= 15 is 0 Å². The van der Waals surface area contributed by atoms with Crippen LogP contribution in [0.25, 0.3) is 0 Å². The number of phenols is 2. The molecule has 29 heavy (non-hydrogen) atoms. The van der Waals surface area contributed by atoms with E-state index in [1.54, 1.807) is 36.4 Å². The largest absolute Gasteiger partial charge is 0.508 e. The number of Topliss-reactive ketones (excluding diaryl/α,β-unsaturated/α-hetero) is 1. The van der Waals surface area contributed by atoms with E-state index in [1.165, 1.54) is 11.1 Å². The van der Waals surface area contributed by atoms with E-state index in [1.807, 2.05) is 0 Å². The predicted molar refractivity (Wildman–Crippen MR) is 115 cm³/mol. The van der Waals surface area contributed by atoms with Gasteiger partial charge >= 0.3 is 0 Å². The Balaban J connectivity index is 1.75. The third-order valence-electron chi connectivity index (χ3n) is 5.15. The number of benzene rings is 2. The number of ether oxygens (including phenoxy) is 1. The van der Waals surface area contributed by atoms with Crippen LogP contribution in [0.2, 0.25) is 0 Å². The van der Waals surface area contributed by atoms with Crippen molar-refractivity contribution >= 4 is 5.78 Å². The first kappa shape index (κ1) is 20.7. The Morgan fingerprint density at radius 2 is 1.83 bits per heavy atom. The van der Waals surface area contributed by atoms with Crippen LogP contribution in [0.3, 0.4) is 0 Å². The molecule has 1 unspecified atom stereocenters. The summed E-state index contributed by atoms with van der Waals surface area (Å²) in [5.41, 5.74) is 4.64. The first-order valence-corrected chi connectivity index (χ1v) is 9.97. The molecule has 0 aromatic heterocycles. The Bertz CT molecular complexity index is 948. The van der Waals surface area contributed by atoms with E-state index in [9.17, 15) is 15.0 Å². The van der Waals surface area contributed by atoms with Gasteiger partial charge in [-0.15, -0.1) is 0 Å². The maximum Gasteiger partial charge on any atom is 0.170 e. The summed E-state index contributed by atoms with van der Waals surface area (Å²) in [7, 11) is 0. The summed E-state index contributed by atoms with van der Waals surface area (Å²) < 4.78 is 5.98. The molecular formula is C25H28O4. The van der Waals surface area contributed by atoms with Gasteiger partial charge in [0.15, 0.2) is 5.78 Å². The molecule has 4 heteroatoms. The predicted octanol–water partition coefficient (Wildman–Crippen LogP) is 6.04. The second-order valence-electron chi connectivity index (χ2n) is 7.88. The molecule has 1 aliphatic rings. The van der Waals surface area contributed by atoms with Crippen LogP contribution in [-0.4, -0.2) is 16.0 Å². The zero-order chi connectivity index (χ0) is 21.0. The van der Waals surface area contributed by atoms with Crippen LogP contribution >= 0.6 is 0 Å². The highest BCUT2D eigenvalue weighted by Gasteiger charge is 2.28. The molecular weight excluding hydrogens is 364 g/mol. The fourth-order valence-electron chi connectivity index (χ4n) is 3.42. The normalized spacial score (nSPS) is 16.2.